The number of amides is 1. The molecule has 1 aromatic carbocycles. The zero-order chi connectivity index (χ0) is 17.9. The van der Waals surface area contributed by atoms with Gasteiger partial charge in [-0.15, -0.1) is 6.58 Å². The summed E-state index contributed by atoms with van der Waals surface area (Å²) in [6, 6.07) is 8.49. The van der Waals surface area contributed by atoms with Gasteiger partial charge in [0.15, 0.2) is 0 Å². The zero-order valence-electron chi connectivity index (χ0n) is 15.2. The molecular weight excluding hydrogens is 316 g/mol. The normalized spacial score (nSPS) is 15.1. The average Bonchev–Trinajstić information content (AvgIpc) is 2.65. The van der Waals surface area contributed by atoms with Gasteiger partial charge in [-0.25, -0.2) is 0 Å². The van der Waals surface area contributed by atoms with Crippen LogP contribution in [0.1, 0.15) is 31.2 Å². The highest BCUT2D eigenvalue weighted by Crippen LogP contribution is 2.15. The van der Waals surface area contributed by atoms with Gasteiger partial charge in [-0.05, 0) is 44.0 Å². The highest BCUT2D eigenvalue weighted by atomic mass is 16.5. The molecule has 2 rings (SSSR count). The van der Waals surface area contributed by atoms with Crippen LogP contribution < -0.4 is 10.1 Å². The topological polar surface area (TPSA) is 50.8 Å². The number of hydrogen-bond acceptors (Lipinski definition) is 4. The summed E-state index contributed by atoms with van der Waals surface area (Å²) in [7, 11) is 2.15. The molecule has 0 spiro atoms. The van der Waals surface area contributed by atoms with Crippen molar-refractivity contribution in [2.45, 2.75) is 38.3 Å². The lowest BCUT2D eigenvalue weighted by Gasteiger charge is -2.31. The van der Waals surface area contributed by atoms with Crippen LogP contribution in [0.2, 0.25) is 0 Å². The Morgan fingerprint density at radius 2 is 2.24 bits per heavy atom. The molecule has 5 heteroatoms. The Morgan fingerprint density at radius 1 is 1.44 bits per heavy atom. The van der Waals surface area contributed by atoms with E-state index < -0.39 is 0 Å². The molecule has 1 amide bonds. The molecule has 25 heavy (non-hydrogen) atoms. The van der Waals surface area contributed by atoms with E-state index in [-0.39, 0.29) is 5.91 Å². The third kappa shape index (κ3) is 7.28. The Bertz CT molecular complexity index is 541. The van der Waals surface area contributed by atoms with E-state index >= 15 is 0 Å². The summed E-state index contributed by atoms with van der Waals surface area (Å²) in [5, 5.41) is 2.92. The van der Waals surface area contributed by atoms with E-state index in [9.17, 15) is 4.79 Å². The molecule has 1 fully saturated rings. The number of benzene rings is 1. The Labute approximate surface area is 151 Å². The minimum Gasteiger partial charge on any atom is -0.492 e. The molecule has 0 atom stereocenters. The first-order chi connectivity index (χ1) is 12.2. The van der Waals surface area contributed by atoms with E-state index in [2.05, 4.69) is 23.8 Å². The summed E-state index contributed by atoms with van der Waals surface area (Å²) < 4.78 is 11.3. The Balaban J connectivity index is 1.71. The van der Waals surface area contributed by atoms with Crippen molar-refractivity contribution in [2.75, 3.05) is 33.4 Å². The van der Waals surface area contributed by atoms with Gasteiger partial charge in [-0.3, -0.25) is 9.69 Å². The van der Waals surface area contributed by atoms with Crippen LogP contribution in [0.15, 0.2) is 36.9 Å². The molecule has 1 saturated heterocycles. The van der Waals surface area contributed by atoms with E-state index in [0.29, 0.717) is 32.0 Å². The predicted molar refractivity (Wildman–Crippen MR) is 99.7 cm³/mol. The van der Waals surface area contributed by atoms with Crippen molar-refractivity contribution in [3.05, 3.63) is 42.5 Å². The summed E-state index contributed by atoms with van der Waals surface area (Å²) in [5.41, 5.74) is 1.04. The standard InChI is InChI=1S/C20H30N2O3/c1-3-4-8-20(23)21-16-17-6-5-7-19(15-17)25-14-11-22(2)18-9-12-24-13-10-18/h3,5-7,15,18H,1,4,8-14,16H2,2H3,(H,21,23). The van der Waals surface area contributed by atoms with Crippen LogP contribution in [0.4, 0.5) is 0 Å². The average molecular weight is 346 g/mol. The fourth-order valence-corrected chi connectivity index (χ4v) is 2.88. The predicted octanol–water partition coefficient (Wildman–Crippen LogP) is 2.76. The largest absolute Gasteiger partial charge is 0.492 e. The van der Waals surface area contributed by atoms with Gasteiger partial charge in [0, 0.05) is 38.8 Å². The number of allylic oxidation sites excluding steroid dienone is 1. The molecule has 0 bridgehead atoms. The summed E-state index contributed by atoms with van der Waals surface area (Å²) in [6.07, 6.45) is 5.13. The van der Waals surface area contributed by atoms with Gasteiger partial charge in [0.05, 0.1) is 0 Å². The van der Waals surface area contributed by atoms with Crippen molar-refractivity contribution in [1.29, 1.82) is 0 Å². The second-order valence-electron chi connectivity index (χ2n) is 6.42. The molecule has 0 radical (unpaired) electrons. The molecule has 1 aliphatic heterocycles. The van der Waals surface area contributed by atoms with E-state index in [0.717, 1.165) is 43.9 Å². The van der Waals surface area contributed by atoms with Crippen LogP contribution >= 0.6 is 0 Å². The molecular formula is C20H30N2O3. The first kappa shape index (κ1) is 19.5. The number of carbonyl (C=O) groups excluding carboxylic acids is 1. The number of carbonyl (C=O) groups is 1. The number of nitrogens with one attached hydrogen (secondary N) is 1. The van der Waals surface area contributed by atoms with Gasteiger partial charge in [-0.2, -0.15) is 0 Å². The van der Waals surface area contributed by atoms with Crippen LogP contribution in [-0.4, -0.2) is 50.3 Å². The lowest BCUT2D eigenvalue weighted by atomic mass is 10.1. The molecule has 0 unspecified atom stereocenters. The maximum Gasteiger partial charge on any atom is 0.220 e. The Hall–Kier alpha value is -1.85. The first-order valence-electron chi connectivity index (χ1n) is 9.06. The monoisotopic (exact) mass is 346 g/mol. The molecule has 1 heterocycles. The van der Waals surface area contributed by atoms with Crippen molar-refractivity contribution in [1.82, 2.24) is 10.2 Å². The molecule has 1 aromatic rings. The maximum absolute atomic E-state index is 11.7. The third-order valence-electron chi connectivity index (χ3n) is 4.49. The second kappa shape index (κ2) is 10.9. The number of ether oxygens (including phenoxy) is 2. The summed E-state index contributed by atoms with van der Waals surface area (Å²) in [5.74, 6) is 0.891. The molecule has 0 aromatic heterocycles. The van der Waals surface area contributed by atoms with Crippen molar-refractivity contribution in [3.8, 4) is 5.75 Å². The third-order valence-corrected chi connectivity index (χ3v) is 4.49. The Kier molecular flexibility index (Phi) is 8.49. The lowest BCUT2D eigenvalue weighted by Crippen LogP contribution is -2.38. The van der Waals surface area contributed by atoms with E-state index in [1.807, 2.05) is 24.3 Å². The number of likely N-dealkylation sites (N-methyl/N-ethyl adjacent to an activating group) is 1. The van der Waals surface area contributed by atoms with Crippen LogP contribution in [0.3, 0.4) is 0 Å². The van der Waals surface area contributed by atoms with Crippen molar-refractivity contribution >= 4 is 5.91 Å². The van der Waals surface area contributed by atoms with Crippen molar-refractivity contribution in [2.24, 2.45) is 0 Å². The van der Waals surface area contributed by atoms with Crippen molar-refractivity contribution in [3.63, 3.8) is 0 Å². The SMILES string of the molecule is C=CCCC(=O)NCc1cccc(OCCN(C)C2CCOCC2)c1. The van der Waals surface area contributed by atoms with Crippen LogP contribution in [0, 0.1) is 0 Å². The van der Waals surface area contributed by atoms with Crippen molar-refractivity contribution < 1.29 is 14.3 Å². The second-order valence-corrected chi connectivity index (χ2v) is 6.42. The molecule has 0 saturated carbocycles. The maximum atomic E-state index is 11.7. The number of hydrogen-bond donors (Lipinski definition) is 1. The summed E-state index contributed by atoms with van der Waals surface area (Å²) >= 11 is 0. The molecule has 1 aliphatic rings. The minimum absolute atomic E-state index is 0.0457. The quantitative estimate of drug-likeness (QED) is 0.662. The molecule has 0 aliphatic carbocycles. The van der Waals surface area contributed by atoms with Gasteiger partial charge in [-0.1, -0.05) is 18.2 Å². The fourth-order valence-electron chi connectivity index (χ4n) is 2.88. The summed E-state index contributed by atoms with van der Waals surface area (Å²) in [4.78, 5) is 14.0. The fraction of sp³-hybridized carbons (Fsp3) is 0.550. The Morgan fingerprint density at radius 3 is 3.00 bits per heavy atom. The zero-order valence-corrected chi connectivity index (χ0v) is 15.2. The van der Waals surface area contributed by atoms with Crippen LogP contribution in [-0.2, 0) is 16.1 Å². The minimum atomic E-state index is 0.0457. The highest BCUT2D eigenvalue weighted by molar-refractivity contribution is 5.75. The first-order valence-corrected chi connectivity index (χ1v) is 9.06. The van der Waals surface area contributed by atoms with Gasteiger partial charge < -0.3 is 14.8 Å². The highest BCUT2D eigenvalue weighted by Gasteiger charge is 2.17. The van der Waals surface area contributed by atoms with Crippen LogP contribution in [0.25, 0.3) is 0 Å². The van der Waals surface area contributed by atoms with Gasteiger partial charge in [0.25, 0.3) is 0 Å². The molecule has 5 nitrogen and oxygen atoms in total. The van der Waals surface area contributed by atoms with Crippen LogP contribution in [0.5, 0.6) is 5.75 Å². The van der Waals surface area contributed by atoms with Gasteiger partial charge in [0.1, 0.15) is 12.4 Å². The summed E-state index contributed by atoms with van der Waals surface area (Å²) in [6.45, 7) is 7.42. The molecule has 138 valence electrons. The molecule has 1 N–H and O–H groups in total. The van der Waals surface area contributed by atoms with E-state index in [1.54, 1.807) is 6.08 Å². The van der Waals surface area contributed by atoms with Gasteiger partial charge in [0.2, 0.25) is 5.91 Å². The van der Waals surface area contributed by atoms with Gasteiger partial charge >= 0.3 is 0 Å². The number of nitrogens with zero attached hydrogens (tertiary/aromatic N) is 1. The lowest BCUT2D eigenvalue weighted by molar-refractivity contribution is -0.121. The number of rotatable bonds is 10. The van der Waals surface area contributed by atoms with E-state index in [1.165, 1.54) is 0 Å². The van der Waals surface area contributed by atoms with E-state index in [4.69, 9.17) is 9.47 Å². The smallest absolute Gasteiger partial charge is 0.220 e.